The molecule has 11 heteroatoms. The number of fused-ring (bicyclic) bond motifs is 3. The van der Waals surface area contributed by atoms with Crippen molar-refractivity contribution >= 4 is 39.9 Å². The summed E-state index contributed by atoms with van der Waals surface area (Å²) in [6, 6.07) is 10.4. The van der Waals surface area contributed by atoms with Gasteiger partial charge in [0.2, 0.25) is 0 Å². The summed E-state index contributed by atoms with van der Waals surface area (Å²) in [5.74, 6) is -0.155. The predicted octanol–water partition coefficient (Wildman–Crippen LogP) is 2.52. The van der Waals surface area contributed by atoms with Crippen LogP contribution in [0, 0.1) is 10.1 Å². The summed E-state index contributed by atoms with van der Waals surface area (Å²) in [5, 5.41) is 15.3. The number of nitro groups is 1. The van der Waals surface area contributed by atoms with Crippen LogP contribution >= 0.6 is 11.6 Å². The van der Waals surface area contributed by atoms with Gasteiger partial charge in [0, 0.05) is 13.0 Å². The van der Waals surface area contributed by atoms with Crippen molar-refractivity contribution in [2.45, 2.75) is 6.92 Å². The first-order valence-corrected chi connectivity index (χ1v) is 8.28. The topological polar surface area (TPSA) is 122 Å². The summed E-state index contributed by atoms with van der Waals surface area (Å²) in [4.78, 5) is 38.7. The zero-order chi connectivity index (χ0) is 20.0. The molecule has 0 saturated heterocycles. The van der Waals surface area contributed by atoms with E-state index in [9.17, 15) is 19.7 Å². The van der Waals surface area contributed by atoms with Gasteiger partial charge in [0.15, 0.2) is 16.3 Å². The largest absolute Gasteiger partial charge is 0.427 e. The Morgan fingerprint density at radius 2 is 1.93 bits per heavy atom. The molecule has 140 valence electrons. The number of nitro benzene ring substituents is 1. The first-order chi connectivity index (χ1) is 13.4. The minimum absolute atomic E-state index is 0.0168. The van der Waals surface area contributed by atoms with Gasteiger partial charge in [-0.05, 0) is 30.3 Å². The van der Waals surface area contributed by atoms with Gasteiger partial charge >= 0.3 is 11.7 Å². The minimum Gasteiger partial charge on any atom is -0.427 e. The number of rotatable bonds is 3. The summed E-state index contributed by atoms with van der Waals surface area (Å²) < 4.78 is 7.21. The second-order valence-corrected chi connectivity index (χ2v) is 6.10. The molecular formula is C17H10ClN5O5. The van der Waals surface area contributed by atoms with Gasteiger partial charge in [0.05, 0.1) is 16.1 Å². The number of benzene rings is 2. The average molecular weight is 400 g/mol. The quantitative estimate of drug-likeness (QED) is 0.224. The first kappa shape index (κ1) is 17.6. The summed E-state index contributed by atoms with van der Waals surface area (Å²) in [6.45, 7) is 1.28. The molecule has 0 aliphatic heterocycles. The van der Waals surface area contributed by atoms with Crippen molar-refractivity contribution in [1.29, 1.82) is 0 Å². The fraction of sp³-hybridized carbons (Fsp3) is 0.0588. The molecule has 2 heterocycles. The van der Waals surface area contributed by atoms with Crippen molar-refractivity contribution in [3.05, 3.63) is 68.2 Å². The number of esters is 1. The third-order valence-electron chi connectivity index (χ3n) is 3.95. The van der Waals surface area contributed by atoms with Crippen molar-refractivity contribution in [1.82, 2.24) is 19.2 Å². The van der Waals surface area contributed by atoms with Gasteiger partial charge in [-0.1, -0.05) is 17.7 Å². The van der Waals surface area contributed by atoms with E-state index in [0.29, 0.717) is 11.4 Å². The minimum atomic E-state index is -0.597. The molecule has 0 unspecified atom stereocenters. The number of carbonyl (C=O) groups is 1. The van der Waals surface area contributed by atoms with Crippen LogP contribution in [0.3, 0.4) is 0 Å². The molecule has 0 aliphatic carbocycles. The van der Waals surface area contributed by atoms with Gasteiger partial charge in [0.25, 0.3) is 5.69 Å². The number of hydrogen-bond acceptors (Lipinski definition) is 7. The predicted molar refractivity (Wildman–Crippen MR) is 99.1 cm³/mol. The molecule has 0 spiro atoms. The van der Waals surface area contributed by atoms with E-state index in [0.717, 1.165) is 9.08 Å². The van der Waals surface area contributed by atoms with Crippen LogP contribution in [0.5, 0.6) is 5.75 Å². The van der Waals surface area contributed by atoms with E-state index in [1.807, 2.05) is 0 Å². The number of ether oxygens (including phenoxy) is 1. The molecule has 0 bridgehead atoms. The maximum absolute atomic E-state index is 13.0. The molecule has 4 aromatic rings. The molecule has 10 nitrogen and oxygen atoms in total. The van der Waals surface area contributed by atoms with E-state index in [1.54, 1.807) is 0 Å². The molecule has 0 fully saturated rings. The zero-order valence-electron chi connectivity index (χ0n) is 14.2. The van der Waals surface area contributed by atoms with Crippen LogP contribution in [0.15, 0.2) is 47.3 Å². The van der Waals surface area contributed by atoms with Crippen LogP contribution in [-0.4, -0.2) is 30.1 Å². The van der Waals surface area contributed by atoms with Gasteiger partial charge in [-0.2, -0.15) is 4.68 Å². The van der Waals surface area contributed by atoms with Crippen molar-refractivity contribution < 1.29 is 14.5 Å². The van der Waals surface area contributed by atoms with Crippen LogP contribution in [-0.2, 0) is 4.79 Å². The number of carbonyl (C=O) groups excluding carboxylic acids is 1. The first-order valence-electron chi connectivity index (χ1n) is 7.90. The van der Waals surface area contributed by atoms with Crippen molar-refractivity contribution in [3.63, 3.8) is 0 Å². The summed E-state index contributed by atoms with van der Waals surface area (Å²) in [6.07, 6.45) is 0. The van der Waals surface area contributed by atoms with E-state index in [1.165, 1.54) is 49.4 Å². The molecule has 0 amide bonds. The lowest BCUT2D eigenvalue weighted by molar-refractivity contribution is -0.383. The van der Waals surface area contributed by atoms with E-state index in [2.05, 4.69) is 10.1 Å². The smallest absolute Gasteiger partial charge is 0.355 e. The third-order valence-corrected chi connectivity index (χ3v) is 4.20. The SMILES string of the molecule is CC(=O)Oc1ccc(-n2nc3c(Cl)nc4c([N+](=O)[O-])cccc4n3c2=O)cc1. The fourth-order valence-corrected chi connectivity index (χ4v) is 3.02. The highest BCUT2D eigenvalue weighted by Crippen LogP contribution is 2.26. The van der Waals surface area contributed by atoms with Gasteiger partial charge < -0.3 is 4.74 Å². The lowest BCUT2D eigenvalue weighted by atomic mass is 10.2. The van der Waals surface area contributed by atoms with Crippen LogP contribution in [0.2, 0.25) is 5.15 Å². The summed E-state index contributed by atoms with van der Waals surface area (Å²) in [7, 11) is 0. The van der Waals surface area contributed by atoms with Crippen molar-refractivity contribution in [3.8, 4) is 11.4 Å². The highest BCUT2D eigenvalue weighted by Gasteiger charge is 2.21. The molecule has 0 radical (unpaired) electrons. The zero-order valence-corrected chi connectivity index (χ0v) is 15.0. The third kappa shape index (κ3) is 2.76. The number of nitrogens with zero attached hydrogens (tertiary/aromatic N) is 5. The van der Waals surface area contributed by atoms with Gasteiger partial charge in [-0.15, -0.1) is 5.10 Å². The molecule has 28 heavy (non-hydrogen) atoms. The molecule has 0 atom stereocenters. The molecule has 2 aromatic carbocycles. The normalized spacial score (nSPS) is 11.1. The van der Waals surface area contributed by atoms with Gasteiger partial charge in [0.1, 0.15) is 5.75 Å². The number of aromatic nitrogens is 4. The molecular weight excluding hydrogens is 390 g/mol. The van der Waals surface area contributed by atoms with E-state index in [4.69, 9.17) is 16.3 Å². The standard InChI is InChI=1S/C17H10ClN5O5/c1-9(24)28-11-7-5-10(6-8-11)22-17(25)21-12-3-2-4-13(23(26)27)14(12)19-15(18)16(21)20-22/h2-8H,1H3. The van der Waals surface area contributed by atoms with Gasteiger partial charge in [-0.3, -0.25) is 14.9 Å². The average Bonchev–Trinajstić information content (AvgIpc) is 3.00. The second kappa shape index (κ2) is 6.43. The van der Waals surface area contributed by atoms with Gasteiger partial charge in [-0.25, -0.2) is 14.2 Å². The Bertz CT molecular complexity index is 1330. The number of para-hydroxylation sites is 1. The Hall–Kier alpha value is -3.79. The molecule has 0 aliphatic rings. The molecule has 2 aromatic heterocycles. The Balaban J connectivity index is 1.96. The molecule has 4 rings (SSSR count). The van der Waals surface area contributed by atoms with Crippen molar-refractivity contribution in [2.75, 3.05) is 0 Å². The van der Waals surface area contributed by atoms with Crippen LogP contribution in [0.4, 0.5) is 5.69 Å². The summed E-state index contributed by atoms with van der Waals surface area (Å²) in [5.41, 5.74) is -0.210. The molecule has 0 N–H and O–H groups in total. The van der Waals surface area contributed by atoms with Crippen LogP contribution < -0.4 is 10.4 Å². The Morgan fingerprint density at radius 3 is 2.57 bits per heavy atom. The number of non-ortho nitro benzene ring substituents is 1. The number of halogens is 1. The Labute approximate surface area is 160 Å². The van der Waals surface area contributed by atoms with Crippen LogP contribution in [0.1, 0.15) is 6.92 Å². The lowest BCUT2D eigenvalue weighted by Crippen LogP contribution is -2.20. The van der Waals surface area contributed by atoms with E-state index >= 15 is 0 Å². The fourth-order valence-electron chi connectivity index (χ4n) is 2.82. The molecule has 0 saturated carbocycles. The Kier molecular flexibility index (Phi) is 4.04. The second-order valence-electron chi connectivity index (χ2n) is 5.75. The maximum Gasteiger partial charge on any atom is 0.355 e. The highest BCUT2D eigenvalue weighted by molar-refractivity contribution is 6.32. The summed E-state index contributed by atoms with van der Waals surface area (Å²) >= 11 is 6.14. The van der Waals surface area contributed by atoms with E-state index in [-0.39, 0.29) is 27.5 Å². The van der Waals surface area contributed by atoms with Crippen LogP contribution in [0.25, 0.3) is 22.4 Å². The number of hydrogen-bond donors (Lipinski definition) is 0. The lowest BCUT2D eigenvalue weighted by Gasteiger charge is -2.02. The van der Waals surface area contributed by atoms with E-state index < -0.39 is 16.6 Å². The maximum atomic E-state index is 13.0. The van der Waals surface area contributed by atoms with Crippen molar-refractivity contribution in [2.24, 2.45) is 0 Å². The Morgan fingerprint density at radius 1 is 1.21 bits per heavy atom. The highest BCUT2D eigenvalue weighted by atomic mass is 35.5. The monoisotopic (exact) mass is 399 g/mol.